The van der Waals surface area contributed by atoms with Gasteiger partial charge < -0.3 is 25.2 Å². The average Bonchev–Trinajstić information content (AvgIpc) is 2.87. The molecule has 1 amide bonds. The number of aliphatic hydroxyl groups excluding tert-OH is 1. The van der Waals surface area contributed by atoms with Gasteiger partial charge in [-0.05, 0) is 42.8 Å². The molecule has 0 saturated carbocycles. The number of nitrogens with zero attached hydrogens (tertiary/aromatic N) is 3. The smallest absolute Gasteiger partial charge is 0.263 e. The zero-order valence-electron chi connectivity index (χ0n) is 19.7. The maximum atomic E-state index is 15.0. The molecule has 0 spiro atoms. The van der Waals surface area contributed by atoms with Crippen LogP contribution in [0.5, 0.6) is 11.5 Å². The van der Waals surface area contributed by atoms with Gasteiger partial charge in [0.05, 0.1) is 18.9 Å². The number of benzene rings is 1. The second kappa shape index (κ2) is 10.3. The SMILES string of the molecule is COc1cc(F)c2nccc([C@@H](O)CN3CCC(NCc4ccc5c(n4)NC(=O)CO5)C(F)C3)c2c1. The molecule has 0 bridgehead atoms. The number of piperidine rings is 1. The van der Waals surface area contributed by atoms with E-state index < -0.39 is 18.1 Å². The Hall–Kier alpha value is -3.41. The first kappa shape index (κ1) is 24.3. The van der Waals surface area contributed by atoms with E-state index in [0.29, 0.717) is 53.5 Å². The molecule has 0 radical (unpaired) electrons. The molecule has 11 heteroatoms. The van der Waals surface area contributed by atoms with Crippen molar-refractivity contribution in [3.8, 4) is 11.5 Å². The molecule has 2 aromatic heterocycles. The van der Waals surface area contributed by atoms with Crippen LogP contribution in [-0.2, 0) is 11.3 Å². The summed E-state index contributed by atoms with van der Waals surface area (Å²) < 4.78 is 39.9. The number of anilines is 1. The molecule has 3 atom stereocenters. The monoisotopic (exact) mass is 499 g/mol. The number of hydrogen-bond donors (Lipinski definition) is 3. The number of amides is 1. The summed E-state index contributed by atoms with van der Waals surface area (Å²) in [6.45, 7) is 1.24. The molecule has 2 aliphatic rings. The highest BCUT2D eigenvalue weighted by molar-refractivity contribution is 5.94. The molecular weight excluding hydrogens is 472 g/mol. The van der Waals surface area contributed by atoms with Gasteiger partial charge in [0.1, 0.15) is 17.4 Å². The molecule has 3 aromatic rings. The standard InChI is InChI=1S/C25H27F2N5O4/c1-35-15-8-17-16(4-6-28-24(17)18(26)9-15)21(33)12-32-7-5-20(19(27)11-32)29-10-14-2-3-22-25(30-14)31-23(34)13-36-22/h2-4,6,8-9,19-21,29,33H,5,7,10-13H2,1H3,(H,30,31,34)/t19?,20?,21-/m0/s1. The van der Waals surface area contributed by atoms with Crippen LogP contribution in [0.1, 0.15) is 23.8 Å². The molecule has 3 N–H and O–H groups in total. The number of ether oxygens (including phenoxy) is 2. The van der Waals surface area contributed by atoms with Crippen LogP contribution in [0.2, 0.25) is 0 Å². The third kappa shape index (κ3) is 5.08. The summed E-state index contributed by atoms with van der Waals surface area (Å²) in [6, 6.07) is 7.68. The summed E-state index contributed by atoms with van der Waals surface area (Å²) in [7, 11) is 1.44. The van der Waals surface area contributed by atoms with Gasteiger partial charge in [-0.2, -0.15) is 0 Å². The number of carbonyl (C=O) groups excluding carboxylic acids is 1. The molecule has 9 nitrogen and oxygen atoms in total. The molecule has 0 aliphatic carbocycles. The Labute approximate surface area is 206 Å². The van der Waals surface area contributed by atoms with Crippen LogP contribution in [0.3, 0.4) is 0 Å². The predicted octanol–water partition coefficient (Wildman–Crippen LogP) is 2.34. The Kier molecular flexibility index (Phi) is 6.95. The van der Waals surface area contributed by atoms with E-state index in [1.807, 2.05) is 4.90 Å². The van der Waals surface area contributed by atoms with E-state index in [1.54, 1.807) is 24.3 Å². The molecule has 190 valence electrons. The number of aromatic nitrogens is 2. The van der Waals surface area contributed by atoms with Gasteiger partial charge in [-0.3, -0.25) is 14.7 Å². The number of aliphatic hydroxyl groups is 1. The van der Waals surface area contributed by atoms with Crippen molar-refractivity contribution in [1.82, 2.24) is 20.2 Å². The predicted molar refractivity (Wildman–Crippen MR) is 128 cm³/mol. The van der Waals surface area contributed by atoms with Gasteiger partial charge >= 0.3 is 0 Å². The number of fused-ring (bicyclic) bond motifs is 2. The van der Waals surface area contributed by atoms with Crippen molar-refractivity contribution in [1.29, 1.82) is 0 Å². The first-order valence-corrected chi connectivity index (χ1v) is 11.7. The number of β-amino-alcohol motifs (C(OH)–C–C–N with tert-alkyl or cyclic N) is 1. The van der Waals surface area contributed by atoms with E-state index in [9.17, 15) is 14.3 Å². The van der Waals surface area contributed by atoms with Crippen LogP contribution in [-0.4, -0.2) is 71.4 Å². The Balaban J connectivity index is 1.19. The van der Waals surface area contributed by atoms with Gasteiger partial charge in [0.2, 0.25) is 0 Å². The largest absolute Gasteiger partial charge is 0.497 e. The quantitative estimate of drug-likeness (QED) is 0.455. The van der Waals surface area contributed by atoms with Crippen molar-refractivity contribution in [2.75, 3.05) is 38.7 Å². The van der Waals surface area contributed by atoms with Gasteiger partial charge in [0.15, 0.2) is 24.0 Å². The lowest BCUT2D eigenvalue weighted by Gasteiger charge is -2.36. The molecule has 5 rings (SSSR count). The second-order valence-electron chi connectivity index (χ2n) is 8.96. The van der Waals surface area contributed by atoms with Crippen LogP contribution in [0.25, 0.3) is 10.9 Å². The first-order chi connectivity index (χ1) is 17.4. The lowest BCUT2D eigenvalue weighted by atomic mass is 10.00. The highest BCUT2D eigenvalue weighted by atomic mass is 19.1. The fourth-order valence-electron chi connectivity index (χ4n) is 4.66. The van der Waals surface area contributed by atoms with Gasteiger partial charge in [0.25, 0.3) is 5.91 Å². The Morgan fingerprint density at radius 3 is 3.03 bits per heavy atom. The highest BCUT2D eigenvalue weighted by Gasteiger charge is 2.30. The summed E-state index contributed by atoms with van der Waals surface area (Å²) in [5.74, 6) is 0.421. The number of alkyl halides is 1. The van der Waals surface area contributed by atoms with Crippen molar-refractivity contribution in [3.05, 3.63) is 53.6 Å². The number of carbonyl (C=O) groups is 1. The first-order valence-electron chi connectivity index (χ1n) is 11.7. The van der Waals surface area contributed by atoms with Crippen LogP contribution in [0.15, 0.2) is 36.5 Å². The second-order valence-corrected chi connectivity index (χ2v) is 8.96. The normalized spacial score (nSPS) is 20.9. The van der Waals surface area contributed by atoms with Crippen molar-refractivity contribution < 1.29 is 28.2 Å². The van der Waals surface area contributed by atoms with E-state index in [-0.39, 0.29) is 37.2 Å². The minimum atomic E-state index is -1.15. The molecular formula is C25H27F2N5O4. The molecule has 2 unspecified atom stereocenters. The summed E-state index contributed by atoms with van der Waals surface area (Å²) in [5, 5.41) is 17.3. The molecule has 36 heavy (non-hydrogen) atoms. The van der Waals surface area contributed by atoms with E-state index in [1.165, 1.54) is 19.4 Å². The van der Waals surface area contributed by atoms with Crippen molar-refractivity contribution >= 4 is 22.6 Å². The maximum Gasteiger partial charge on any atom is 0.263 e. The topological polar surface area (TPSA) is 109 Å². The number of pyridine rings is 2. The molecule has 4 heterocycles. The lowest BCUT2D eigenvalue weighted by molar-refractivity contribution is -0.118. The van der Waals surface area contributed by atoms with Crippen LogP contribution in [0.4, 0.5) is 14.6 Å². The Morgan fingerprint density at radius 1 is 1.36 bits per heavy atom. The van der Waals surface area contributed by atoms with Gasteiger partial charge in [-0.1, -0.05) is 0 Å². The van der Waals surface area contributed by atoms with Crippen LogP contribution >= 0.6 is 0 Å². The Bertz CT molecular complexity index is 1280. The zero-order valence-corrected chi connectivity index (χ0v) is 19.7. The zero-order chi connectivity index (χ0) is 25.2. The fourth-order valence-corrected chi connectivity index (χ4v) is 4.66. The average molecular weight is 500 g/mol. The van der Waals surface area contributed by atoms with E-state index in [2.05, 4.69) is 20.6 Å². The number of methoxy groups -OCH3 is 1. The van der Waals surface area contributed by atoms with Crippen molar-refractivity contribution in [3.63, 3.8) is 0 Å². The van der Waals surface area contributed by atoms with Crippen molar-refractivity contribution in [2.45, 2.75) is 31.3 Å². The van der Waals surface area contributed by atoms with E-state index >= 15 is 4.39 Å². The van der Waals surface area contributed by atoms with Crippen LogP contribution < -0.4 is 20.1 Å². The van der Waals surface area contributed by atoms with Gasteiger partial charge in [0, 0.05) is 43.3 Å². The van der Waals surface area contributed by atoms with E-state index in [0.717, 1.165) is 0 Å². The summed E-state index contributed by atoms with van der Waals surface area (Å²) in [5.41, 5.74) is 1.33. The molecule has 1 fully saturated rings. The van der Waals surface area contributed by atoms with Gasteiger partial charge in [-0.25, -0.2) is 13.8 Å². The number of rotatable bonds is 7. The fraction of sp³-hybridized carbons (Fsp3) is 0.400. The highest BCUT2D eigenvalue weighted by Crippen LogP contribution is 2.30. The minimum absolute atomic E-state index is 0.0362. The number of hydrogen-bond acceptors (Lipinski definition) is 8. The molecule has 2 aliphatic heterocycles. The summed E-state index contributed by atoms with van der Waals surface area (Å²) in [6.07, 6.45) is -0.108. The van der Waals surface area contributed by atoms with Crippen molar-refractivity contribution in [2.24, 2.45) is 0 Å². The van der Waals surface area contributed by atoms with E-state index in [4.69, 9.17) is 9.47 Å². The maximum absolute atomic E-state index is 15.0. The number of halogens is 2. The third-order valence-corrected chi connectivity index (χ3v) is 6.53. The summed E-state index contributed by atoms with van der Waals surface area (Å²) in [4.78, 5) is 21.8. The number of likely N-dealkylation sites (tertiary alicyclic amines) is 1. The third-order valence-electron chi connectivity index (χ3n) is 6.53. The van der Waals surface area contributed by atoms with Crippen LogP contribution in [0, 0.1) is 5.82 Å². The van der Waals surface area contributed by atoms with Gasteiger partial charge in [-0.15, -0.1) is 0 Å². The number of nitrogens with one attached hydrogen (secondary N) is 2. The summed E-state index contributed by atoms with van der Waals surface area (Å²) >= 11 is 0. The Morgan fingerprint density at radius 2 is 2.22 bits per heavy atom. The molecule has 1 aromatic carbocycles. The molecule has 1 saturated heterocycles. The lowest BCUT2D eigenvalue weighted by Crippen LogP contribution is -2.51. The minimum Gasteiger partial charge on any atom is -0.497 e.